The van der Waals surface area contributed by atoms with Crippen LogP contribution in [0, 0.1) is 17.0 Å². The third-order valence-corrected chi connectivity index (χ3v) is 7.97. The van der Waals surface area contributed by atoms with E-state index in [1.165, 1.54) is 18.2 Å². The lowest BCUT2D eigenvalue weighted by Gasteiger charge is -2.21. The zero-order valence-electron chi connectivity index (χ0n) is 19.2. The molecule has 2 N–H and O–H groups in total. The first-order valence-electron chi connectivity index (χ1n) is 10.8. The summed E-state index contributed by atoms with van der Waals surface area (Å²) in [5, 5.41) is 16.3. The molecule has 0 saturated heterocycles. The number of benzene rings is 3. The van der Waals surface area contributed by atoms with E-state index in [0.717, 1.165) is 11.6 Å². The summed E-state index contributed by atoms with van der Waals surface area (Å²) in [7, 11) is -2.64. The summed E-state index contributed by atoms with van der Waals surface area (Å²) in [6.45, 7) is 1.57. The van der Waals surface area contributed by atoms with Crippen LogP contribution in [0.5, 0.6) is 5.75 Å². The predicted molar refractivity (Wildman–Crippen MR) is 138 cm³/mol. The summed E-state index contributed by atoms with van der Waals surface area (Å²) in [5.74, 6) is 0.712. The molecule has 3 aromatic carbocycles. The third kappa shape index (κ3) is 5.46. The first-order valence-corrected chi connectivity index (χ1v) is 13.0. The molecule has 36 heavy (non-hydrogen) atoms. The first kappa shape index (κ1) is 25.9. The molecule has 0 spiro atoms. The fourth-order valence-corrected chi connectivity index (χ4v) is 5.92. The van der Waals surface area contributed by atoms with Crippen LogP contribution in [0.3, 0.4) is 0 Å². The molecule has 0 bridgehead atoms. The van der Waals surface area contributed by atoms with Crippen molar-refractivity contribution in [3.8, 4) is 5.75 Å². The van der Waals surface area contributed by atoms with E-state index in [1.54, 1.807) is 26.2 Å². The van der Waals surface area contributed by atoms with Crippen LogP contribution in [-0.2, 0) is 10.0 Å². The number of nitro benzene ring substituents is 1. The Balaban J connectivity index is 1.70. The van der Waals surface area contributed by atoms with E-state index in [2.05, 4.69) is 15.2 Å². The van der Waals surface area contributed by atoms with Gasteiger partial charge in [0.05, 0.1) is 34.7 Å². The van der Waals surface area contributed by atoms with Crippen LogP contribution in [0.4, 0.5) is 5.69 Å². The summed E-state index contributed by atoms with van der Waals surface area (Å²) in [4.78, 5) is 10.4. The van der Waals surface area contributed by atoms with Gasteiger partial charge in [0.15, 0.2) is 0 Å². The molecule has 0 saturated carbocycles. The Kier molecular flexibility index (Phi) is 7.51. The molecule has 0 radical (unpaired) electrons. The van der Waals surface area contributed by atoms with Gasteiger partial charge in [-0.25, -0.2) is 8.42 Å². The lowest BCUT2D eigenvalue weighted by Crippen LogP contribution is -2.34. The number of nitrogens with zero attached hydrogens (tertiary/aromatic N) is 2. The maximum Gasteiger partial charge on any atom is 0.270 e. The van der Waals surface area contributed by atoms with Crippen molar-refractivity contribution >= 4 is 44.6 Å². The van der Waals surface area contributed by atoms with Crippen LogP contribution in [0.1, 0.15) is 35.2 Å². The van der Waals surface area contributed by atoms with E-state index in [-0.39, 0.29) is 21.6 Å². The van der Waals surface area contributed by atoms with E-state index in [0.29, 0.717) is 34.0 Å². The maximum absolute atomic E-state index is 13.5. The highest BCUT2D eigenvalue weighted by atomic mass is 35.5. The highest BCUT2D eigenvalue weighted by molar-refractivity contribution is 7.89. The fraction of sp³-hybridized carbons (Fsp3) is 0.208. The number of non-ortho nitro benzene ring substituents is 1. The summed E-state index contributed by atoms with van der Waals surface area (Å²) in [5.41, 5.74) is 4.96. The van der Waals surface area contributed by atoms with Crippen molar-refractivity contribution in [1.82, 2.24) is 10.1 Å². The minimum absolute atomic E-state index is 0.204. The molecule has 0 fully saturated rings. The van der Waals surface area contributed by atoms with Gasteiger partial charge in [-0.3, -0.25) is 10.1 Å². The SMILES string of the molecule is COc1ccc(C2CC(C(NS(=O)(=O)c3cc([N+](=O)[O-])ccc3C)c3ccc(Cl)cc3Cl)=NN2)cc1. The average molecular weight is 549 g/mol. The number of hydrogen-bond acceptors (Lipinski definition) is 7. The molecule has 9 nitrogen and oxygen atoms in total. The van der Waals surface area contributed by atoms with E-state index in [1.807, 2.05) is 24.3 Å². The summed E-state index contributed by atoms with van der Waals surface area (Å²) >= 11 is 12.5. The van der Waals surface area contributed by atoms with E-state index in [9.17, 15) is 18.5 Å². The number of sulfonamides is 1. The third-order valence-electron chi connectivity index (χ3n) is 5.85. The second-order valence-corrected chi connectivity index (χ2v) is 10.7. The van der Waals surface area contributed by atoms with Gasteiger partial charge >= 0.3 is 0 Å². The number of methoxy groups -OCH3 is 1. The number of hydrogen-bond donors (Lipinski definition) is 2. The summed E-state index contributed by atoms with van der Waals surface area (Å²) in [6.07, 6.45) is 0.381. The van der Waals surface area contributed by atoms with Gasteiger partial charge in [-0.2, -0.15) is 9.82 Å². The molecule has 1 aliphatic heterocycles. The second kappa shape index (κ2) is 10.4. The molecule has 4 rings (SSSR count). The smallest absolute Gasteiger partial charge is 0.270 e. The molecule has 12 heteroatoms. The van der Waals surface area contributed by atoms with Crippen molar-refractivity contribution in [3.05, 3.63) is 97.5 Å². The summed E-state index contributed by atoms with van der Waals surface area (Å²) < 4.78 is 34.8. The van der Waals surface area contributed by atoms with Crippen LogP contribution in [0.2, 0.25) is 10.0 Å². The largest absolute Gasteiger partial charge is 0.497 e. The van der Waals surface area contributed by atoms with Crippen molar-refractivity contribution in [1.29, 1.82) is 0 Å². The van der Waals surface area contributed by atoms with Gasteiger partial charge < -0.3 is 10.2 Å². The number of halogens is 2. The van der Waals surface area contributed by atoms with Gasteiger partial charge in [0.2, 0.25) is 10.0 Å². The van der Waals surface area contributed by atoms with Crippen molar-refractivity contribution in [2.45, 2.75) is 30.3 Å². The lowest BCUT2D eigenvalue weighted by atomic mass is 9.96. The second-order valence-electron chi connectivity index (χ2n) is 8.19. The van der Waals surface area contributed by atoms with Gasteiger partial charge in [-0.1, -0.05) is 47.5 Å². The normalized spacial score (nSPS) is 16.2. The Morgan fingerprint density at radius 1 is 1.14 bits per heavy atom. The molecular formula is C24H22Cl2N4O5S. The zero-order valence-corrected chi connectivity index (χ0v) is 21.6. The highest BCUT2D eigenvalue weighted by Crippen LogP contribution is 2.34. The standard InChI is InChI=1S/C24H22Cl2N4O5S/c1-14-3-7-17(30(31)32)12-23(14)36(33,34)29-24(19-10-6-16(25)11-20(19)26)22-13-21(27-28-22)15-4-8-18(35-2)9-5-15/h3-12,21,24,27,29H,13H2,1-2H3. The van der Waals surface area contributed by atoms with Crippen molar-refractivity contribution in [3.63, 3.8) is 0 Å². The predicted octanol–water partition coefficient (Wildman–Crippen LogP) is 5.33. The van der Waals surface area contributed by atoms with Crippen molar-refractivity contribution in [2.75, 3.05) is 7.11 Å². The average Bonchev–Trinajstić information content (AvgIpc) is 3.33. The lowest BCUT2D eigenvalue weighted by molar-refractivity contribution is -0.385. The van der Waals surface area contributed by atoms with E-state index in [4.69, 9.17) is 27.9 Å². The molecule has 3 aromatic rings. The number of rotatable bonds is 8. The Morgan fingerprint density at radius 2 is 1.86 bits per heavy atom. The van der Waals surface area contributed by atoms with Crippen LogP contribution in [0.25, 0.3) is 0 Å². The van der Waals surface area contributed by atoms with Crippen LogP contribution in [-0.4, -0.2) is 26.2 Å². The van der Waals surface area contributed by atoms with Gasteiger partial charge in [0.1, 0.15) is 5.75 Å². The van der Waals surface area contributed by atoms with Crippen LogP contribution < -0.4 is 14.9 Å². The zero-order chi connectivity index (χ0) is 26.0. The number of ether oxygens (including phenoxy) is 1. The fourth-order valence-electron chi connectivity index (χ4n) is 3.93. The molecule has 0 amide bonds. The molecule has 0 aromatic heterocycles. The van der Waals surface area contributed by atoms with Crippen LogP contribution >= 0.6 is 23.2 Å². The number of nitro groups is 1. The number of hydrazone groups is 1. The van der Waals surface area contributed by atoms with E-state index >= 15 is 0 Å². The summed E-state index contributed by atoms with van der Waals surface area (Å²) in [6, 6.07) is 14.7. The van der Waals surface area contributed by atoms with Gasteiger partial charge in [0.25, 0.3) is 5.69 Å². The Hall–Kier alpha value is -3.18. The number of nitrogens with one attached hydrogen (secondary N) is 2. The minimum atomic E-state index is -4.22. The van der Waals surface area contributed by atoms with E-state index < -0.39 is 21.0 Å². The van der Waals surface area contributed by atoms with Crippen LogP contribution in [0.15, 0.2) is 70.7 Å². The quantitative estimate of drug-likeness (QED) is 0.289. The Bertz CT molecular complexity index is 1450. The topological polar surface area (TPSA) is 123 Å². The molecular weight excluding hydrogens is 527 g/mol. The first-order chi connectivity index (χ1) is 17.1. The monoisotopic (exact) mass is 548 g/mol. The minimum Gasteiger partial charge on any atom is -0.497 e. The molecule has 2 unspecified atom stereocenters. The number of aryl methyl sites for hydroxylation is 1. The van der Waals surface area contributed by atoms with Gasteiger partial charge in [-0.05, 0) is 47.9 Å². The van der Waals surface area contributed by atoms with Crippen molar-refractivity contribution in [2.24, 2.45) is 5.10 Å². The van der Waals surface area contributed by atoms with Gasteiger partial charge in [-0.15, -0.1) is 0 Å². The molecule has 1 aliphatic rings. The molecule has 0 aliphatic carbocycles. The maximum atomic E-state index is 13.5. The Morgan fingerprint density at radius 3 is 2.50 bits per heavy atom. The van der Waals surface area contributed by atoms with Crippen molar-refractivity contribution < 1.29 is 18.1 Å². The Labute approximate surface area is 218 Å². The highest BCUT2D eigenvalue weighted by Gasteiger charge is 2.33. The van der Waals surface area contributed by atoms with Gasteiger partial charge in [0, 0.05) is 28.6 Å². The molecule has 188 valence electrons. The molecule has 2 atom stereocenters. The molecule has 1 heterocycles.